The van der Waals surface area contributed by atoms with Crippen molar-refractivity contribution in [3.8, 4) is 0 Å². The van der Waals surface area contributed by atoms with Crippen LogP contribution < -0.4 is 71.2 Å². The zero-order valence-electron chi connectivity index (χ0n) is 47.3. The summed E-state index contributed by atoms with van der Waals surface area (Å²) in [6.45, 7) is 4.32. The highest BCUT2D eigenvalue weighted by atomic mass is 31.2. The number of nitrogens with one attached hydrogen (secondary N) is 8. The first-order valence-electron chi connectivity index (χ1n) is 26.3. The fourth-order valence-corrected chi connectivity index (χ4v) is 9.28. The molecule has 1 rings (SSSR count). The SMILES string of the molecule is CC[C@H](C)[C@H](NC(=O)[C@@H](N)CC(N)=O)C(=O)N[C@H](C(=O)N[C@@H](CCC(N)=O)C(=O)N1CCC[C@H]1C(=O)N[C@H](C(=O)N[C@@H](CCC(N)=O)C(=O)N[C@@H](CCC(N)=O)C(=O)N[C@@H](CO)C(=O)N[C@H](C(=O)O)[C@@H](C)O)[C@@H](C)OP(=O)(O)O)[C@@H](C)OP(=O)(O)O. The molecule has 0 radical (unpaired) electrons. The first-order chi connectivity index (χ1) is 39.6. The predicted molar refractivity (Wildman–Crippen MR) is 288 cm³/mol. The quantitative estimate of drug-likeness (QED) is 0.0254. The van der Waals surface area contributed by atoms with Gasteiger partial charge < -0.3 is 111 Å². The fourth-order valence-electron chi connectivity index (χ4n) is 8.17. The van der Waals surface area contributed by atoms with E-state index in [9.17, 15) is 111 Å². The summed E-state index contributed by atoms with van der Waals surface area (Å²) in [7, 11) is -11.1. The van der Waals surface area contributed by atoms with Crippen molar-refractivity contribution in [2.24, 2.45) is 34.6 Å². The lowest BCUT2D eigenvalue weighted by Gasteiger charge is -2.33. The van der Waals surface area contributed by atoms with E-state index in [1.54, 1.807) is 6.92 Å². The number of carboxylic acids is 1. The lowest BCUT2D eigenvalue weighted by atomic mass is 9.97. The summed E-state index contributed by atoms with van der Waals surface area (Å²) in [5, 5.41) is 46.1. The molecule has 0 saturated carbocycles. The van der Waals surface area contributed by atoms with Crippen LogP contribution in [0.2, 0.25) is 0 Å². The molecule has 1 fully saturated rings. The minimum absolute atomic E-state index is 0.0162. The van der Waals surface area contributed by atoms with Gasteiger partial charge in [-0.05, 0) is 58.8 Å². The standard InChI is InChI=1S/C45H78N14O25P2/c1-6-18(2)32(55-36(66)22(46)16-31(50)65)41(71)58-35(21(5)84-86(80,81)82)43(73)53-25(11-14-30(49)64)44(74)59-15-7-8-27(59)40(70)57-34(20(4)83-85(77,78)79)42(72)52-24(10-13-29(48)63)37(67)51-23(9-12-28(47)62)38(68)54-26(17-60)39(69)56-33(19(3)61)45(75)76/h18-27,32-35,60-61H,6-17,46H2,1-5H3,(H2,47,62)(H2,48,63)(H2,49,64)(H2,50,65)(H,51,67)(H,52,72)(H,53,73)(H,54,68)(H,55,66)(H,56,69)(H,57,70)(H,58,71)(H,75,76)(H2,77,78,79)(H2,80,81,82)/t18-,19+,20+,21+,22-,23-,24-,25-,26-,27-,32-,33-,34-,35-/m0/s1. The van der Waals surface area contributed by atoms with E-state index in [1.807, 2.05) is 10.6 Å². The Labute approximate surface area is 490 Å². The van der Waals surface area contributed by atoms with Crippen molar-refractivity contribution in [1.29, 1.82) is 0 Å². The second-order valence-corrected chi connectivity index (χ2v) is 22.3. The molecule has 41 heteroatoms. The number of aliphatic hydroxyl groups is 2. The van der Waals surface area contributed by atoms with E-state index in [0.717, 1.165) is 25.7 Å². The number of aliphatic carboxylic acids is 1. The molecule has 1 saturated heterocycles. The van der Waals surface area contributed by atoms with Crippen LogP contribution in [0.15, 0.2) is 0 Å². The molecule has 488 valence electrons. The molecule has 0 aromatic rings. The number of phosphoric ester groups is 2. The van der Waals surface area contributed by atoms with Crippen LogP contribution in [0.3, 0.4) is 0 Å². The number of amides is 13. The lowest BCUT2D eigenvalue weighted by Crippen LogP contribution is -2.63. The van der Waals surface area contributed by atoms with E-state index in [0.29, 0.717) is 0 Å². The Morgan fingerprint density at radius 2 is 0.930 bits per heavy atom. The molecule has 13 amide bonds. The molecule has 0 aromatic heterocycles. The van der Waals surface area contributed by atoms with Gasteiger partial charge in [-0.25, -0.2) is 13.9 Å². The average molecular weight is 1280 g/mol. The molecule has 25 N–H and O–H groups in total. The number of nitrogens with two attached hydrogens (primary N) is 5. The number of primary amides is 4. The number of phosphoric acid groups is 2. The van der Waals surface area contributed by atoms with Gasteiger partial charge >= 0.3 is 21.6 Å². The van der Waals surface area contributed by atoms with Crippen LogP contribution in [-0.2, 0) is 85.3 Å². The molecule has 0 aliphatic carbocycles. The molecule has 0 aromatic carbocycles. The van der Waals surface area contributed by atoms with Gasteiger partial charge in [0.2, 0.25) is 76.8 Å². The maximum Gasteiger partial charge on any atom is 0.469 e. The largest absolute Gasteiger partial charge is 0.480 e. The monoisotopic (exact) mass is 1280 g/mol. The highest BCUT2D eigenvalue weighted by Gasteiger charge is 2.44. The number of carbonyl (C=O) groups excluding carboxylic acids is 13. The number of aliphatic hydroxyl groups excluding tert-OH is 2. The smallest absolute Gasteiger partial charge is 0.469 e. The Kier molecular flexibility index (Phi) is 31.5. The summed E-state index contributed by atoms with van der Waals surface area (Å²) in [6, 6.07) is -18.9. The van der Waals surface area contributed by atoms with Crippen LogP contribution >= 0.6 is 15.6 Å². The maximum atomic E-state index is 14.5. The third kappa shape index (κ3) is 26.9. The number of hydrogen-bond acceptors (Lipinski definition) is 21. The lowest BCUT2D eigenvalue weighted by molar-refractivity contribution is -0.145. The topological polar surface area (TPSA) is 663 Å². The third-order valence-electron chi connectivity index (χ3n) is 12.9. The second-order valence-electron chi connectivity index (χ2n) is 19.9. The summed E-state index contributed by atoms with van der Waals surface area (Å²) in [5.74, 6) is -18.3. The minimum Gasteiger partial charge on any atom is -0.480 e. The van der Waals surface area contributed by atoms with Crippen molar-refractivity contribution in [2.75, 3.05) is 13.2 Å². The normalized spacial score (nSPS) is 17.9. The molecule has 0 unspecified atom stereocenters. The van der Waals surface area contributed by atoms with Gasteiger partial charge in [-0.3, -0.25) is 71.4 Å². The van der Waals surface area contributed by atoms with Gasteiger partial charge in [0, 0.05) is 25.8 Å². The zero-order valence-corrected chi connectivity index (χ0v) is 49.1. The first kappa shape index (κ1) is 76.7. The van der Waals surface area contributed by atoms with E-state index in [4.69, 9.17) is 37.7 Å². The van der Waals surface area contributed by atoms with E-state index >= 15 is 0 Å². The summed E-state index contributed by atoms with van der Waals surface area (Å²) in [4.78, 5) is 223. The molecule has 86 heavy (non-hydrogen) atoms. The third-order valence-corrected chi connectivity index (χ3v) is 14.1. The number of hydrogen-bond donors (Lipinski definition) is 20. The highest BCUT2D eigenvalue weighted by Crippen LogP contribution is 2.39. The summed E-state index contributed by atoms with van der Waals surface area (Å²) >= 11 is 0. The molecule has 14 atom stereocenters. The van der Waals surface area contributed by atoms with Crippen LogP contribution in [0.1, 0.15) is 98.8 Å². The van der Waals surface area contributed by atoms with E-state index < -0.39 is 235 Å². The second kappa shape index (κ2) is 35.3. The predicted octanol–water partition coefficient (Wildman–Crippen LogP) is -9.65. The Balaban J connectivity index is 3.77. The van der Waals surface area contributed by atoms with Crippen LogP contribution in [0.25, 0.3) is 0 Å². The van der Waals surface area contributed by atoms with Crippen molar-refractivity contribution < 1.29 is 120 Å². The number of rotatable bonds is 39. The molecule has 1 aliphatic heterocycles. The molecular formula is C45H78N14O25P2. The summed E-state index contributed by atoms with van der Waals surface area (Å²) in [5.41, 5.74) is 26.8. The Morgan fingerprint density at radius 3 is 1.34 bits per heavy atom. The van der Waals surface area contributed by atoms with Gasteiger partial charge in [0.25, 0.3) is 0 Å². The Bertz CT molecular complexity index is 2590. The fraction of sp³-hybridized carbons (Fsp3) is 0.689. The average Bonchev–Trinajstić information content (AvgIpc) is 3.01. The molecular weight excluding hydrogens is 1200 g/mol. The molecule has 39 nitrogen and oxygen atoms in total. The van der Waals surface area contributed by atoms with Crippen molar-refractivity contribution in [2.45, 2.75) is 178 Å². The maximum absolute atomic E-state index is 14.5. The number of likely N-dealkylation sites (tertiary alicyclic amines) is 1. The van der Waals surface area contributed by atoms with Crippen molar-refractivity contribution in [1.82, 2.24) is 47.4 Å². The summed E-state index contributed by atoms with van der Waals surface area (Å²) in [6.07, 6.45) is -10.6. The molecule has 0 bridgehead atoms. The minimum atomic E-state index is -5.58. The molecule has 1 heterocycles. The van der Waals surface area contributed by atoms with Gasteiger partial charge in [0.05, 0.1) is 37.4 Å². The van der Waals surface area contributed by atoms with Crippen molar-refractivity contribution in [3.63, 3.8) is 0 Å². The van der Waals surface area contributed by atoms with E-state index in [2.05, 4.69) is 31.9 Å². The van der Waals surface area contributed by atoms with Crippen LogP contribution in [-0.4, -0.2) is 214 Å². The van der Waals surface area contributed by atoms with E-state index in [1.165, 1.54) is 6.92 Å². The van der Waals surface area contributed by atoms with Crippen LogP contribution in [0, 0.1) is 5.92 Å². The van der Waals surface area contributed by atoms with E-state index in [-0.39, 0.29) is 25.8 Å². The van der Waals surface area contributed by atoms with Crippen LogP contribution in [0.4, 0.5) is 0 Å². The first-order valence-corrected chi connectivity index (χ1v) is 29.3. The van der Waals surface area contributed by atoms with Gasteiger partial charge in [-0.1, -0.05) is 20.3 Å². The van der Waals surface area contributed by atoms with Crippen LogP contribution in [0.5, 0.6) is 0 Å². The number of nitrogens with zero attached hydrogens (tertiary/aromatic N) is 1. The number of carboxylic acid groups (broad SMARTS) is 1. The van der Waals surface area contributed by atoms with Crippen molar-refractivity contribution in [3.05, 3.63) is 0 Å². The van der Waals surface area contributed by atoms with Gasteiger partial charge in [0.1, 0.15) is 48.3 Å². The van der Waals surface area contributed by atoms with Gasteiger partial charge in [-0.15, -0.1) is 0 Å². The highest BCUT2D eigenvalue weighted by molar-refractivity contribution is 7.46. The van der Waals surface area contributed by atoms with Gasteiger partial charge in [0.15, 0.2) is 6.04 Å². The Morgan fingerprint density at radius 1 is 0.547 bits per heavy atom. The Hall–Kier alpha value is -7.32. The molecule has 1 aliphatic rings. The van der Waals surface area contributed by atoms with Crippen molar-refractivity contribution >= 4 is 98.4 Å². The molecule has 0 spiro atoms. The zero-order chi connectivity index (χ0) is 66.3. The van der Waals surface area contributed by atoms with Gasteiger partial charge in [-0.2, -0.15) is 0 Å². The number of carbonyl (C=O) groups is 14. The summed E-state index contributed by atoms with van der Waals surface area (Å²) < 4.78 is 33.5.